The Bertz CT molecular complexity index is 394. The average Bonchev–Trinajstić information content (AvgIpc) is 2.94. The molecule has 3 nitrogen and oxygen atoms in total. The number of esters is 1. The van der Waals surface area contributed by atoms with Crippen molar-refractivity contribution in [2.24, 2.45) is 0 Å². The van der Waals surface area contributed by atoms with Crippen LogP contribution in [0.2, 0.25) is 0 Å². The molecule has 0 saturated heterocycles. The summed E-state index contributed by atoms with van der Waals surface area (Å²) < 4.78 is 9.91. The van der Waals surface area contributed by atoms with Crippen LogP contribution in [0.25, 0.3) is 6.08 Å². The lowest BCUT2D eigenvalue weighted by atomic mass is 10.2. The number of carbonyl (C=O) groups excluding carboxylic acids is 1. The van der Waals surface area contributed by atoms with Gasteiger partial charge in [0, 0.05) is 11.6 Å². The topological polar surface area (TPSA) is 38.8 Å². The van der Waals surface area contributed by atoms with Crippen LogP contribution in [0.4, 0.5) is 0 Å². The normalized spacial score (nSPS) is 12.1. The van der Waals surface area contributed by atoms with Gasteiger partial charge in [0.1, 0.15) is 0 Å². The predicted molar refractivity (Wildman–Crippen MR) is 52.2 cm³/mol. The summed E-state index contributed by atoms with van der Waals surface area (Å²) in [4.78, 5) is 11.0. The van der Waals surface area contributed by atoms with Crippen LogP contribution in [0, 0.1) is 0 Å². The van der Waals surface area contributed by atoms with Crippen LogP contribution in [0.15, 0.2) is 24.3 Å². The number of benzene rings is 1. The molecule has 0 unspecified atom stereocenters. The molecule has 72 valence electrons. The van der Waals surface area contributed by atoms with E-state index in [-0.39, 0.29) is 5.97 Å². The van der Waals surface area contributed by atoms with Gasteiger partial charge in [0.15, 0.2) is 11.5 Å². The van der Waals surface area contributed by atoms with Crippen molar-refractivity contribution in [3.05, 3.63) is 29.8 Å². The highest BCUT2D eigenvalue weighted by Crippen LogP contribution is 2.48. The van der Waals surface area contributed by atoms with E-state index >= 15 is 0 Å². The summed E-state index contributed by atoms with van der Waals surface area (Å²) in [6, 6.07) is 5.66. The number of rotatable bonds is 3. The highest BCUT2D eigenvalue weighted by atomic mass is 16.6. The highest BCUT2D eigenvalue weighted by Gasteiger charge is 2.21. The molecule has 1 heterocycles. The van der Waals surface area contributed by atoms with Crippen molar-refractivity contribution in [1.29, 1.82) is 0 Å². The lowest BCUT2D eigenvalue weighted by Crippen LogP contribution is -1.98. The van der Waals surface area contributed by atoms with Crippen molar-refractivity contribution in [3.63, 3.8) is 0 Å². The first-order chi connectivity index (χ1) is 6.81. The molecule has 0 spiro atoms. The number of hydrogen-bond donors (Lipinski definition) is 0. The summed E-state index contributed by atoms with van der Waals surface area (Å²) in [6.45, 7) is 2.17. The van der Waals surface area contributed by atoms with Gasteiger partial charge in [-0.15, -0.1) is 0 Å². The second-order valence-corrected chi connectivity index (χ2v) is 2.86. The van der Waals surface area contributed by atoms with E-state index in [1.165, 1.54) is 6.08 Å². The lowest BCUT2D eigenvalue weighted by Gasteiger charge is -1.93. The number of ether oxygens (including phenoxy) is 2. The maximum Gasteiger partial charge on any atom is 0.330 e. The van der Waals surface area contributed by atoms with Crippen LogP contribution in [-0.2, 0) is 9.53 Å². The Labute approximate surface area is 81.9 Å². The van der Waals surface area contributed by atoms with Gasteiger partial charge in [-0.2, -0.15) is 0 Å². The van der Waals surface area contributed by atoms with E-state index in [9.17, 15) is 4.79 Å². The fourth-order valence-electron chi connectivity index (χ4n) is 1.19. The number of hydrogen-bond acceptors (Lipinski definition) is 3. The van der Waals surface area contributed by atoms with Crippen molar-refractivity contribution < 1.29 is 14.3 Å². The fraction of sp³-hybridized carbons (Fsp3) is 0.182. The van der Waals surface area contributed by atoms with Gasteiger partial charge in [-0.1, -0.05) is 12.1 Å². The minimum Gasteiger partial charge on any atom is -0.463 e. The zero-order chi connectivity index (χ0) is 9.97. The molecule has 14 heavy (non-hydrogen) atoms. The van der Waals surface area contributed by atoms with Gasteiger partial charge < -0.3 is 9.47 Å². The van der Waals surface area contributed by atoms with E-state index in [4.69, 9.17) is 9.47 Å². The largest absolute Gasteiger partial charge is 0.463 e. The van der Waals surface area contributed by atoms with Gasteiger partial charge in [0.2, 0.25) is 0 Å². The third-order valence-electron chi connectivity index (χ3n) is 1.87. The Morgan fingerprint density at radius 3 is 3.21 bits per heavy atom. The monoisotopic (exact) mass is 190 g/mol. The molecule has 0 aliphatic carbocycles. The maximum absolute atomic E-state index is 11.0. The van der Waals surface area contributed by atoms with Crippen molar-refractivity contribution in [1.82, 2.24) is 0 Å². The molecule has 1 aliphatic heterocycles. The zero-order valence-corrected chi connectivity index (χ0v) is 7.82. The predicted octanol–water partition coefficient (Wildman–Crippen LogP) is 2.37. The Hall–Kier alpha value is -1.77. The molecule has 0 fully saturated rings. The Balaban J connectivity index is 2.05. The third kappa shape index (κ3) is 1.76. The summed E-state index contributed by atoms with van der Waals surface area (Å²) in [6.07, 6.45) is 3.10. The van der Waals surface area contributed by atoms with Crippen molar-refractivity contribution in [2.45, 2.75) is 6.92 Å². The van der Waals surface area contributed by atoms with Crippen LogP contribution in [0.5, 0.6) is 11.5 Å². The minimum absolute atomic E-state index is 0.328. The molecule has 0 saturated carbocycles. The van der Waals surface area contributed by atoms with Gasteiger partial charge in [-0.25, -0.2) is 4.79 Å². The summed E-state index contributed by atoms with van der Waals surface area (Å²) in [7, 11) is 0. The summed E-state index contributed by atoms with van der Waals surface area (Å²) in [5.74, 6) is 1.41. The van der Waals surface area contributed by atoms with Crippen LogP contribution in [0.3, 0.4) is 0 Å². The van der Waals surface area contributed by atoms with Crippen LogP contribution >= 0.6 is 0 Å². The van der Waals surface area contributed by atoms with Crippen molar-refractivity contribution in [2.75, 3.05) is 6.61 Å². The molecule has 0 atom stereocenters. The molecule has 0 aromatic heterocycles. The maximum atomic E-state index is 11.0. The average molecular weight is 190 g/mol. The van der Waals surface area contributed by atoms with Gasteiger partial charge in [-0.05, 0) is 19.1 Å². The molecule has 0 bridgehead atoms. The molecule has 3 heteroatoms. The summed E-state index contributed by atoms with van der Waals surface area (Å²) in [5, 5.41) is 0. The number of fused-ring (bicyclic) bond motifs is 1. The van der Waals surface area contributed by atoms with Gasteiger partial charge in [0.25, 0.3) is 0 Å². The first-order valence-electron chi connectivity index (χ1n) is 4.47. The molecule has 1 aromatic rings. The summed E-state index contributed by atoms with van der Waals surface area (Å²) >= 11 is 0. The smallest absolute Gasteiger partial charge is 0.330 e. The first-order valence-corrected chi connectivity index (χ1v) is 4.47. The molecular weight excluding hydrogens is 180 g/mol. The fourth-order valence-corrected chi connectivity index (χ4v) is 1.19. The Morgan fingerprint density at radius 2 is 2.43 bits per heavy atom. The molecule has 2 rings (SSSR count). The van der Waals surface area contributed by atoms with Crippen LogP contribution < -0.4 is 4.74 Å². The van der Waals surface area contributed by atoms with Crippen molar-refractivity contribution >= 4 is 12.0 Å². The zero-order valence-electron chi connectivity index (χ0n) is 7.82. The molecule has 0 amide bonds. The molecule has 1 aliphatic rings. The second kappa shape index (κ2) is 3.54. The van der Waals surface area contributed by atoms with E-state index in [0.29, 0.717) is 6.61 Å². The van der Waals surface area contributed by atoms with Gasteiger partial charge in [0.05, 0.1) is 6.61 Å². The third-order valence-corrected chi connectivity index (χ3v) is 1.87. The lowest BCUT2D eigenvalue weighted by molar-refractivity contribution is -0.137. The molecule has 1 aromatic carbocycles. The van der Waals surface area contributed by atoms with E-state index in [1.54, 1.807) is 13.0 Å². The quantitative estimate of drug-likeness (QED) is 0.423. The molecule has 0 radical (unpaired) electrons. The summed E-state index contributed by atoms with van der Waals surface area (Å²) in [5.41, 5.74) is 0.913. The first kappa shape index (κ1) is 8.81. The van der Waals surface area contributed by atoms with Crippen LogP contribution in [0.1, 0.15) is 12.5 Å². The molecule has 0 N–H and O–H groups in total. The van der Waals surface area contributed by atoms with E-state index < -0.39 is 0 Å². The minimum atomic E-state index is -0.328. The van der Waals surface area contributed by atoms with E-state index in [0.717, 1.165) is 17.1 Å². The van der Waals surface area contributed by atoms with Crippen molar-refractivity contribution in [3.8, 4) is 11.5 Å². The number of carbonyl (C=O) groups is 1. The Kier molecular flexibility index (Phi) is 2.23. The van der Waals surface area contributed by atoms with E-state index in [2.05, 4.69) is 0 Å². The van der Waals surface area contributed by atoms with Gasteiger partial charge in [-0.3, -0.25) is 0 Å². The Morgan fingerprint density at radius 1 is 1.57 bits per heavy atom. The standard InChI is InChI=1S/C11H10O3/c1-2-13-10(12)7-6-8-4-3-5-9-11(8)14-9/h3-7H,2H2,1H3/b7-6+. The van der Waals surface area contributed by atoms with Crippen LogP contribution in [-0.4, -0.2) is 12.6 Å². The van der Waals surface area contributed by atoms with Gasteiger partial charge >= 0.3 is 5.97 Å². The highest BCUT2D eigenvalue weighted by molar-refractivity contribution is 5.88. The SMILES string of the molecule is CCOC(=O)/C=C/c1cccc2c1O2. The van der Waals surface area contributed by atoms with E-state index in [1.807, 2.05) is 18.2 Å². The number of para-hydroxylation sites is 1. The second-order valence-electron chi connectivity index (χ2n) is 2.86. The molecular formula is C11H10O3.